The van der Waals surface area contributed by atoms with Gasteiger partial charge in [-0.05, 0) is 47.9 Å². The second kappa shape index (κ2) is 9.35. The van der Waals surface area contributed by atoms with Crippen molar-refractivity contribution >= 4 is 46.6 Å². The van der Waals surface area contributed by atoms with Gasteiger partial charge in [0, 0.05) is 44.1 Å². The van der Waals surface area contributed by atoms with Gasteiger partial charge in [-0.2, -0.15) is 0 Å². The van der Waals surface area contributed by atoms with Gasteiger partial charge in [-0.15, -0.1) is 5.06 Å². The molecule has 1 aliphatic rings. The van der Waals surface area contributed by atoms with Gasteiger partial charge in [0.05, 0.1) is 11.1 Å². The van der Waals surface area contributed by atoms with Crippen LogP contribution in [0.2, 0.25) is 0 Å². The first-order valence-electron chi connectivity index (χ1n) is 10.9. The van der Waals surface area contributed by atoms with Crippen molar-refractivity contribution in [2.45, 2.75) is 26.2 Å². The smallest absolute Gasteiger partial charge is 0.363 e. The summed E-state index contributed by atoms with van der Waals surface area (Å²) in [7, 11) is 3.85. The molecule has 2 heterocycles. The number of anilines is 1. The standard InChI is InChI=1S/C26H24N2O6/c1-4-19-20-12-10-18(27(2)3)15-22(20)33-26(32)21(19)11-7-16-5-8-17(9-6-16)25(31)34-28-23(29)13-14-24(28)30/h5-12,15H,4,13-14H2,1-3H3/b11-7+. The highest BCUT2D eigenvalue weighted by molar-refractivity contribution is 6.02. The van der Waals surface area contributed by atoms with Gasteiger partial charge in [-0.1, -0.05) is 25.1 Å². The number of nitrogens with zero attached hydrogens (tertiary/aromatic N) is 2. The number of hydroxylamine groups is 2. The van der Waals surface area contributed by atoms with Gasteiger partial charge in [-0.25, -0.2) is 9.59 Å². The number of carbonyl (C=O) groups excluding carboxylic acids is 3. The van der Waals surface area contributed by atoms with Crippen molar-refractivity contribution in [1.29, 1.82) is 0 Å². The first-order chi connectivity index (χ1) is 16.3. The number of aryl methyl sites for hydroxylation is 1. The SMILES string of the molecule is CCc1c(/C=C/c2ccc(C(=O)ON3C(=O)CCC3=O)cc2)c(=O)oc2cc(N(C)C)ccc12. The number of amides is 2. The largest absolute Gasteiger partial charge is 0.422 e. The van der Waals surface area contributed by atoms with Crippen LogP contribution in [0.25, 0.3) is 23.1 Å². The van der Waals surface area contributed by atoms with Crippen molar-refractivity contribution in [3.63, 3.8) is 0 Å². The van der Waals surface area contributed by atoms with E-state index in [2.05, 4.69) is 0 Å². The quantitative estimate of drug-likeness (QED) is 0.408. The number of hydrogen-bond donors (Lipinski definition) is 0. The Balaban J connectivity index is 1.57. The number of rotatable bonds is 6. The summed E-state index contributed by atoms with van der Waals surface area (Å²) in [5.41, 5.74) is 3.38. The third-order valence-corrected chi connectivity index (χ3v) is 5.68. The molecular formula is C26H24N2O6. The Morgan fingerprint density at radius 3 is 2.32 bits per heavy atom. The zero-order chi connectivity index (χ0) is 24.4. The van der Waals surface area contributed by atoms with Crippen LogP contribution in [0.1, 0.15) is 46.8 Å². The lowest BCUT2D eigenvalue weighted by Gasteiger charge is -2.14. The maximum Gasteiger partial charge on any atom is 0.363 e. The van der Waals surface area contributed by atoms with Crippen molar-refractivity contribution in [1.82, 2.24) is 5.06 Å². The van der Waals surface area contributed by atoms with E-state index in [1.54, 1.807) is 24.3 Å². The number of fused-ring (bicyclic) bond motifs is 1. The summed E-state index contributed by atoms with van der Waals surface area (Å²) in [5.74, 6) is -1.85. The van der Waals surface area contributed by atoms with E-state index in [-0.39, 0.29) is 18.4 Å². The van der Waals surface area contributed by atoms with Crippen molar-refractivity contribution in [2.75, 3.05) is 19.0 Å². The molecule has 3 aromatic rings. The molecule has 0 N–H and O–H groups in total. The molecule has 0 aliphatic carbocycles. The molecule has 1 aliphatic heterocycles. The van der Waals surface area contributed by atoms with Crippen LogP contribution >= 0.6 is 0 Å². The van der Waals surface area contributed by atoms with Gasteiger partial charge in [0.25, 0.3) is 11.8 Å². The zero-order valence-corrected chi connectivity index (χ0v) is 19.2. The second-order valence-electron chi connectivity index (χ2n) is 8.13. The molecule has 0 spiro atoms. The van der Waals surface area contributed by atoms with Gasteiger partial charge in [-0.3, -0.25) is 9.59 Å². The van der Waals surface area contributed by atoms with Crippen molar-refractivity contribution < 1.29 is 23.6 Å². The molecule has 2 aromatic carbocycles. The average molecular weight is 460 g/mol. The predicted octanol–water partition coefficient (Wildman–Crippen LogP) is 3.81. The minimum Gasteiger partial charge on any atom is -0.422 e. The fraction of sp³-hybridized carbons (Fsp3) is 0.231. The molecule has 2 amide bonds. The molecule has 8 nitrogen and oxygen atoms in total. The van der Waals surface area contributed by atoms with Crippen LogP contribution < -0.4 is 10.5 Å². The molecule has 4 rings (SSSR count). The van der Waals surface area contributed by atoms with Crippen LogP contribution in [0.3, 0.4) is 0 Å². The van der Waals surface area contributed by atoms with E-state index in [9.17, 15) is 19.2 Å². The molecule has 1 fully saturated rings. The summed E-state index contributed by atoms with van der Waals surface area (Å²) in [6.07, 6.45) is 4.19. The lowest BCUT2D eigenvalue weighted by molar-refractivity contribution is -0.172. The summed E-state index contributed by atoms with van der Waals surface area (Å²) >= 11 is 0. The van der Waals surface area contributed by atoms with Gasteiger partial charge in [0.2, 0.25) is 0 Å². The normalized spacial score (nSPS) is 13.8. The first kappa shape index (κ1) is 23.0. The fourth-order valence-electron chi connectivity index (χ4n) is 3.80. The molecule has 174 valence electrons. The lowest BCUT2D eigenvalue weighted by atomic mass is 10.0. The van der Waals surface area contributed by atoms with Crippen LogP contribution in [-0.2, 0) is 20.8 Å². The van der Waals surface area contributed by atoms with Crippen LogP contribution in [0.4, 0.5) is 5.69 Å². The van der Waals surface area contributed by atoms with Gasteiger partial charge >= 0.3 is 11.6 Å². The van der Waals surface area contributed by atoms with Gasteiger partial charge in [0.15, 0.2) is 0 Å². The van der Waals surface area contributed by atoms with E-state index in [0.717, 1.165) is 22.2 Å². The fourth-order valence-corrected chi connectivity index (χ4v) is 3.80. The maximum absolute atomic E-state index is 12.7. The monoisotopic (exact) mass is 460 g/mol. The highest BCUT2D eigenvalue weighted by Crippen LogP contribution is 2.26. The first-order valence-corrected chi connectivity index (χ1v) is 10.9. The van der Waals surface area contributed by atoms with Crippen LogP contribution in [-0.4, -0.2) is 36.9 Å². The molecule has 34 heavy (non-hydrogen) atoms. The van der Waals surface area contributed by atoms with Crippen LogP contribution in [0.15, 0.2) is 51.7 Å². The molecule has 0 radical (unpaired) electrons. The Morgan fingerprint density at radius 1 is 1.03 bits per heavy atom. The molecule has 1 aromatic heterocycles. The number of benzene rings is 2. The Kier molecular flexibility index (Phi) is 6.32. The maximum atomic E-state index is 12.7. The summed E-state index contributed by atoms with van der Waals surface area (Å²) in [5, 5.41) is 1.40. The molecule has 0 saturated carbocycles. The lowest BCUT2D eigenvalue weighted by Crippen LogP contribution is -2.32. The third-order valence-electron chi connectivity index (χ3n) is 5.68. The van der Waals surface area contributed by atoms with E-state index < -0.39 is 23.4 Å². The summed E-state index contributed by atoms with van der Waals surface area (Å²) < 4.78 is 5.59. The van der Waals surface area contributed by atoms with Gasteiger partial charge < -0.3 is 14.2 Å². The third kappa shape index (κ3) is 4.47. The second-order valence-corrected chi connectivity index (χ2v) is 8.13. The highest BCUT2D eigenvalue weighted by atomic mass is 16.7. The Morgan fingerprint density at radius 2 is 1.71 bits per heavy atom. The molecule has 0 atom stereocenters. The Bertz CT molecular complexity index is 1350. The van der Waals surface area contributed by atoms with Crippen molar-refractivity contribution in [3.8, 4) is 0 Å². The number of carbonyl (C=O) groups is 3. The minimum atomic E-state index is -0.792. The Labute approximate surface area is 196 Å². The molecule has 1 saturated heterocycles. The summed E-state index contributed by atoms with van der Waals surface area (Å²) in [6.45, 7) is 1.99. The van der Waals surface area contributed by atoms with E-state index in [4.69, 9.17) is 9.25 Å². The zero-order valence-electron chi connectivity index (χ0n) is 19.2. The average Bonchev–Trinajstić information content (AvgIpc) is 3.14. The molecule has 0 unspecified atom stereocenters. The molecule has 8 heteroatoms. The summed E-state index contributed by atoms with van der Waals surface area (Å²) in [6, 6.07) is 12.2. The topological polar surface area (TPSA) is 97.1 Å². The summed E-state index contributed by atoms with van der Waals surface area (Å²) in [4.78, 5) is 55.1. The van der Waals surface area contributed by atoms with Crippen molar-refractivity contribution in [2.24, 2.45) is 0 Å². The van der Waals surface area contributed by atoms with Gasteiger partial charge in [0.1, 0.15) is 5.58 Å². The van der Waals surface area contributed by atoms with Crippen LogP contribution in [0.5, 0.6) is 0 Å². The number of imide groups is 1. The highest BCUT2D eigenvalue weighted by Gasteiger charge is 2.33. The van der Waals surface area contributed by atoms with Crippen LogP contribution in [0, 0.1) is 0 Å². The Hall–Kier alpha value is -4.20. The number of hydrogen-bond acceptors (Lipinski definition) is 7. The van der Waals surface area contributed by atoms with E-state index in [0.29, 0.717) is 22.6 Å². The molecular weight excluding hydrogens is 436 g/mol. The minimum absolute atomic E-state index is 0.0369. The van der Waals surface area contributed by atoms with Crippen molar-refractivity contribution in [3.05, 3.63) is 75.1 Å². The van der Waals surface area contributed by atoms with E-state index in [1.165, 1.54) is 12.1 Å². The predicted molar refractivity (Wildman–Crippen MR) is 128 cm³/mol. The molecule has 0 bridgehead atoms. The van der Waals surface area contributed by atoms with E-state index in [1.807, 2.05) is 44.1 Å². The van der Waals surface area contributed by atoms with E-state index >= 15 is 0 Å².